The predicted molar refractivity (Wildman–Crippen MR) is 117 cm³/mol. The summed E-state index contributed by atoms with van der Waals surface area (Å²) in [6.45, 7) is 17.4. The van der Waals surface area contributed by atoms with Crippen LogP contribution in [0.25, 0.3) is 0 Å². The number of hydrogen-bond donors (Lipinski definition) is 0. The second kappa shape index (κ2) is 9.01. The van der Waals surface area contributed by atoms with Crippen molar-refractivity contribution in [1.82, 2.24) is 0 Å². The highest BCUT2D eigenvalue weighted by Crippen LogP contribution is 2.38. The zero-order valence-corrected chi connectivity index (χ0v) is 19.9. The molecule has 1 aromatic carbocycles. The van der Waals surface area contributed by atoms with Crippen LogP contribution in [0.1, 0.15) is 51.9 Å². The van der Waals surface area contributed by atoms with Gasteiger partial charge in [-0.3, -0.25) is 4.79 Å². The Morgan fingerprint density at radius 3 is 2.55 bits per heavy atom. The Morgan fingerprint density at radius 2 is 1.93 bits per heavy atom. The van der Waals surface area contributed by atoms with E-state index in [9.17, 15) is 4.79 Å². The summed E-state index contributed by atoms with van der Waals surface area (Å²) in [6, 6.07) is 7.32. The van der Waals surface area contributed by atoms with Gasteiger partial charge in [-0.05, 0) is 57.0 Å². The topological polar surface area (TPSA) is 57.3 Å². The average Bonchev–Trinajstić information content (AvgIpc) is 3.28. The first-order valence-corrected chi connectivity index (χ1v) is 13.1. The van der Waals surface area contributed by atoms with Gasteiger partial charge in [0.2, 0.25) is 5.78 Å². The van der Waals surface area contributed by atoms with E-state index in [4.69, 9.17) is 18.6 Å². The Kier molecular flexibility index (Phi) is 7.34. The summed E-state index contributed by atoms with van der Waals surface area (Å²) in [5.41, 5.74) is -0.177. The molecule has 160 valence electrons. The van der Waals surface area contributed by atoms with Crippen molar-refractivity contribution < 1.29 is 23.4 Å². The second-order valence-electron chi connectivity index (χ2n) is 9.01. The van der Waals surface area contributed by atoms with Crippen LogP contribution in [0.2, 0.25) is 18.1 Å². The van der Waals surface area contributed by atoms with Crippen LogP contribution >= 0.6 is 0 Å². The molecule has 0 amide bonds. The van der Waals surface area contributed by atoms with Gasteiger partial charge in [0.25, 0.3) is 8.32 Å². The van der Waals surface area contributed by atoms with Gasteiger partial charge in [0.15, 0.2) is 11.9 Å². The smallest absolute Gasteiger partial charge is 0.250 e. The highest BCUT2D eigenvalue weighted by Gasteiger charge is 2.51. The summed E-state index contributed by atoms with van der Waals surface area (Å²) < 4.78 is 22.9. The Bertz CT molecular complexity index is 786. The average molecular weight is 419 g/mol. The molecule has 1 aromatic rings. The van der Waals surface area contributed by atoms with Gasteiger partial charge in [-0.15, -0.1) is 0 Å². The summed E-state index contributed by atoms with van der Waals surface area (Å²) in [7, 11) is -2.06. The van der Waals surface area contributed by atoms with Crippen LogP contribution in [-0.4, -0.2) is 45.3 Å². The van der Waals surface area contributed by atoms with Gasteiger partial charge in [-0.1, -0.05) is 38.8 Å². The molecular weight excluding hydrogens is 384 g/mol. The first-order valence-electron chi connectivity index (χ1n) is 10.2. The van der Waals surface area contributed by atoms with Crippen molar-refractivity contribution in [2.24, 2.45) is 0 Å². The summed E-state index contributed by atoms with van der Waals surface area (Å²) in [5.74, 6) is 6.05. The maximum Gasteiger partial charge on any atom is 0.250 e. The van der Waals surface area contributed by atoms with Crippen LogP contribution in [0.3, 0.4) is 0 Å². The number of hydrogen-bond acceptors (Lipinski definition) is 5. The Morgan fingerprint density at radius 1 is 1.28 bits per heavy atom. The number of epoxide rings is 1. The number of Topliss-reactive ketones (excluding diaryl/α,β-unsaturated/α-hetero) is 1. The van der Waals surface area contributed by atoms with Gasteiger partial charge < -0.3 is 18.6 Å². The molecule has 1 fully saturated rings. The molecule has 0 aliphatic carbocycles. The van der Waals surface area contributed by atoms with Crippen molar-refractivity contribution in [2.75, 3.05) is 13.2 Å². The van der Waals surface area contributed by atoms with Gasteiger partial charge >= 0.3 is 0 Å². The molecule has 1 aliphatic rings. The minimum absolute atomic E-state index is 0.0377. The fourth-order valence-electron chi connectivity index (χ4n) is 2.49. The molecular formula is C23H34O5Si. The first kappa shape index (κ1) is 23.6. The van der Waals surface area contributed by atoms with E-state index in [2.05, 4.69) is 45.7 Å². The molecule has 1 saturated heterocycles. The van der Waals surface area contributed by atoms with Gasteiger partial charge in [0.05, 0.1) is 12.2 Å². The molecule has 29 heavy (non-hydrogen) atoms. The highest BCUT2D eigenvalue weighted by molar-refractivity contribution is 6.74. The lowest BCUT2D eigenvalue weighted by atomic mass is 10.1. The van der Waals surface area contributed by atoms with Gasteiger partial charge in [0.1, 0.15) is 11.9 Å². The van der Waals surface area contributed by atoms with Crippen molar-refractivity contribution in [3.05, 3.63) is 29.8 Å². The van der Waals surface area contributed by atoms with Crippen LogP contribution in [-0.2, 0) is 14.2 Å². The SMILES string of the molecule is CCOC(C)OC[C@@H]1O[C@]1(C)C#CC(=O)c1ccccc1O[Si](C)(C)C(C)(C)C. The standard InChI is InChI=1S/C23H34O5Si/c1-9-25-17(2)26-16-21-23(6,27-21)15-14-19(24)18-12-10-11-13-20(18)28-29(7,8)22(3,4)5/h10-13,17,21H,9,16H2,1-8H3/t17?,21-,23+/m0/s1. The molecule has 0 spiro atoms. The van der Waals surface area contributed by atoms with Crippen LogP contribution in [0, 0.1) is 11.8 Å². The number of para-hydroxylation sites is 1. The number of ether oxygens (including phenoxy) is 3. The molecule has 6 heteroatoms. The van der Waals surface area contributed by atoms with Gasteiger partial charge in [-0.2, -0.15) is 0 Å². The quantitative estimate of drug-likeness (QED) is 0.151. The third-order valence-corrected chi connectivity index (χ3v) is 9.90. The van der Waals surface area contributed by atoms with Gasteiger partial charge in [-0.25, -0.2) is 0 Å². The van der Waals surface area contributed by atoms with E-state index in [1.54, 1.807) is 6.07 Å². The molecule has 3 atom stereocenters. The maximum absolute atomic E-state index is 12.8. The van der Waals surface area contributed by atoms with E-state index < -0.39 is 13.9 Å². The van der Waals surface area contributed by atoms with Crippen LogP contribution in [0.15, 0.2) is 24.3 Å². The van der Waals surface area contributed by atoms with E-state index in [1.807, 2.05) is 39.0 Å². The van der Waals surface area contributed by atoms with Crippen molar-refractivity contribution >= 4 is 14.1 Å². The lowest BCUT2D eigenvalue weighted by Crippen LogP contribution is -2.44. The van der Waals surface area contributed by atoms with E-state index in [0.717, 1.165) is 0 Å². The maximum atomic E-state index is 12.8. The fraction of sp³-hybridized carbons (Fsp3) is 0.609. The third kappa shape index (κ3) is 6.16. The summed E-state index contributed by atoms with van der Waals surface area (Å²) >= 11 is 0. The van der Waals surface area contributed by atoms with E-state index in [-0.39, 0.29) is 23.2 Å². The zero-order chi connectivity index (χ0) is 21.9. The second-order valence-corrected chi connectivity index (χ2v) is 13.7. The molecule has 5 nitrogen and oxygen atoms in total. The number of benzene rings is 1. The molecule has 0 bridgehead atoms. The molecule has 1 unspecified atom stereocenters. The van der Waals surface area contributed by atoms with E-state index >= 15 is 0 Å². The Hall–Kier alpha value is -1.65. The zero-order valence-electron chi connectivity index (χ0n) is 18.9. The minimum Gasteiger partial charge on any atom is -0.543 e. The lowest BCUT2D eigenvalue weighted by Gasteiger charge is -2.36. The normalized spacial score (nSPS) is 22.4. The van der Waals surface area contributed by atoms with E-state index in [0.29, 0.717) is 24.5 Å². The molecule has 0 saturated carbocycles. The number of carbonyl (C=O) groups excluding carboxylic acids is 1. The van der Waals surface area contributed by atoms with Crippen molar-refractivity contribution in [3.8, 4) is 17.6 Å². The largest absolute Gasteiger partial charge is 0.543 e. The predicted octanol–water partition coefficient (Wildman–Crippen LogP) is 4.81. The molecule has 0 aromatic heterocycles. The van der Waals surface area contributed by atoms with Gasteiger partial charge in [0, 0.05) is 6.61 Å². The molecule has 0 radical (unpaired) electrons. The molecule has 2 rings (SSSR count). The summed E-state index contributed by atoms with van der Waals surface area (Å²) in [6.07, 6.45) is -0.452. The Labute approximate surface area is 176 Å². The number of rotatable bonds is 8. The van der Waals surface area contributed by atoms with Crippen molar-refractivity contribution in [3.63, 3.8) is 0 Å². The molecule has 1 heterocycles. The summed E-state index contributed by atoms with van der Waals surface area (Å²) in [4.78, 5) is 12.8. The highest BCUT2D eigenvalue weighted by atomic mass is 28.4. The summed E-state index contributed by atoms with van der Waals surface area (Å²) in [5, 5.41) is 0.0377. The van der Waals surface area contributed by atoms with Crippen molar-refractivity contribution in [1.29, 1.82) is 0 Å². The van der Waals surface area contributed by atoms with Crippen LogP contribution < -0.4 is 4.43 Å². The number of carbonyl (C=O) groups is 1. The molecule has 0 N–H and O–H groups in total. The van der Waals surface area contributed by atoms with Crippen LogP contribution in [0.4, 0.5) is 0 Å². The van der Waals surface area contributed by atoms with Crippen molar-refractivity contribution in [2.45, 2.75) is 77.7 Å². The fourth-order valence-corrected chi connectivity index (χ4v) is 3.52. The monoisotopic (exact) mass is 418 g/mol. The lowest BCUT2D eigenvalue weighted by molar-refractivity contribution is -0.129. The van der Waals surface area contributed by atoms with Crippen LogP contribution in [0.5, 0.6) is 5.75 Å². The first-order chi connectivity index (χ1) is 13.4. The third-order valence-electron chi connectivity index (χ3n) is 5.56. The van der Waals surface area contributed by atoms with E-state index in [1.165, 1.54) is 0 Å². The Balaban J connectivity index is 2.07. The minimum atomic E-state index is -2.06. The molecule has 1 aliphatic heterocycles. The number of ketones is 1.